The number of aromatic nitrogens is 3. The Labute approximate surface area is 111 Å². The normalized spacial score (nSPS) is 15.9. The molecule has 3 rings (SSSR count). The number of rotatable bonds is 4. The van der Waals surface area contributed by atoms with Crippen LogP contribution in [0.25, 0.3) is 0 Å². The maximum Gasteiger partial charge on any atom is 0.0846 e. The first-order chi connectivity index (χ1) is 8.76. The second-order valence-electron chi connectivity index (χ2n) is 4.88. The predicted octanol–water partition coefficient (Wildman–Crippen LogP) is 1.87. The van der Waals surface area contributed by atoms with Crippen LogP contribution < -0.4 is 5.32 Å². The molecular formula is C13H18N4S. The molecule has 18 heavy (non-hydrogen) atoms. The molecule has 0 spiro atoms. The molecule has 2 aromatic heterocycles. The second kappa shape index (κ2) is 4.82. The van der Waals surface area contributed by atoms with Crippen molar-refractivity contribution in [2.75, 3.05) is 7.05 Å². The molecule has 1 atom stereocenters. The zero-order chi connectivity index (χ0) is 12.5. The molecule has 1 unspecified atom stereocenters. The molecule has 0 fully saturated rings. The van der Waals surface area contributed by atoms with Crippen molar-refractivity contribution >= 4 is 11.3 Å². The fourth-order valence-corrected chi connectivity index (χ4v) is 3.93. The zero-order valence-electron chi connectivity index (χ0n) is 10.8. The summed E-state index contributed by atoms with van der Waals surface area (Å²) in [5.41, 5.74) is 2.61. The van der Waals surface area contributed by atoms with Crippen LogP contribution in [-0.4, -0.2) is 22.0 Å². The first-order valence-corrected chi connectivity index (χ1v) is 7.22. The van der Waals surface area contributed by atoms with Gasteiger partial charge in [-0.15, -0.1) is 16.4 Å². The van der Waals surface area contributed by atoms with E-state index in [2.05, 4.69) is 21.7 Å². The van der Waals surface area contributed by atoms with E-state index in [-0.39, 0.29) is 0 Å². The lowest BCUT2D eigenvalue weighted by Crippen LogP contribution is -2.18. The van der Waals surface area contributed by atoms with E-state index < -0.39 is 0 Å². The highest BCUT2D eigenvalue weighted by molar-refractivity contribution is 7.12. The number of nitrogens with zero attached hydrogens (tertiary/aromatic N) is 3. The SMILES string of the molecule is CNC(Cc1cn(C)nn1)c1cc2c(s1)CCC2. The number of likely N-dealkylation sites (N-methyl/N-ethyl adjacent to an activating group) is 1. The summed E-state index contributed by atoms with van der Waals surface area (Å²) in [4.78, 5) is 3.03. The van der Waals surface area contributed by atoms with Crippen LogP contribution in [0.3, 0.4) is 0 Å². The molecule has 5 heteroatoms. The largest absolute Gasteiger partial charge is 0.312 e. The third kappa shape index (κ3) is 2.20. The average molecular weight is 262 g/mol. The number of hydrogen-bond donors (Lipinski definition) is 1. The molecule has 0 amide bonds. The number of nitrogens with one attached hydrogen (secondary N) is 1. The Morgan fingerprint density at radius 2 is 2.39 bits per heavy atom. The van der Waals surface area contributed by atoms with Gasteiger partial charge < -0.3 is 5.32 Å². The van der Waals surface area contributed by atoms with E-state index in [0.717, 1.165) is 12.1 Å². The van der Waals surface area contributed by atoms with Gasteiger partial charge in [-0.25, -0.2) is 0 Å². The summed E-state index contributed by atoms with van der Waals surface area (Å²) < 4.78 is 1.76. The van der Waals surface area contributed by atoms with Crippen molar-refractivity contribution in [1.29, 1.82) is 0 Å². The molecule has 0 aliphatic heterocycles. The Morgan fingerprint density at radius 3 is 3.06 bits per heavy atom. The van der Waals surface area contributed by atoms with Gasteiger partial charge >= 0.3 is 0 Å². The molecule has 0 bridgehead atoms. The van der Waals surface area contributed by atoms with E-state index in [4.69, 9.17) is 0 Å². The molecule has 0 aromatic carbocycles. The highest BCUT2D eigenvalue weighted by atomic mass is 32.1. The van der Waals surface area contributed by atoms with Gasteiger partial charge in [0.15, 0.2) is 0 Å². The topological polar surface area (TPSA) is 42.7 Å². The molecule has 4 nitrogen and oxygen atoms in total. The van der Waals surface area contributed by atoms with E-state index in [1.165, 1.54) is 24.1 Å². The Kier molecular flexibility index (Phi) is 3.18. The minimum atomic E-state index is 0.359. The van der Waals surface area contributed by atoms with Gasteiger partial charge in [-0.3, -0.25) is 4.68 Å². The Morgan fingerprint density at radius 1 is 1.50 bits per heavy atom. The van der Waals surface area contributed by atoms with Gasteiger partial charge in [-0.1, -0.05) is 5.21 Å². The van der Waals surface area contributed by atoms with Gasteiger partial charge in [0.25, 0.3) is 0 Å². The molecule has 1 aliphatic carbocycles. The average Bonchev–Trinajstić information content (AvgIpc) is 3.00. The molecule has 0 saturated heterocycles. The highest BCUT2D eigenvalue weighted by Crippen LogP contribution is 2.34. The lowest BCUT2D eigenvalue weighted by Gasteiger charge is -2.12. The van der Waals surface area contributed by atoms with Crippen LogP contribution >= 0.6 is 11.3 Å². The van der Waals surface area contributed by atoms with E-state index in [9.17, 15) is 0 Å². The fourth-order valence-electron chi connectivity index (χ4n) is 2.57. The van der Waals surface area contributed by atoms with Crippen molar-refractivity contribution in [2.24, 2.45) is 7.05 Å². The molecule has 2 heterocycles. The number of thiophene rings is 1. The van der Waals surface area contributed by atoms with Crippen molar-refractivity contribution in [3.05, 3.63) is 33.3 Å². The fraction of sp³-hybridized carbons (Fsp3) is 0.538. The number of hydrogen-bond acceptors (Lipinski definition) is 4. The van der Waals surface area contributed by atoms with Crippen LogP contribution in [0, 0.1) is 0 Å². The zero-order valence-corrected chi connectivity index (χ0v) is 11.6. The monoisotopic (exact) mass is 262 g/mol. The maximum atomic E-state index is 4.17. The Hall–Kier alpha value is -1.20. The van der Waals surface area contributed by atoms with E-state index >= 15 is 0 Å². The molecule has 1 aliphatic rings. The van der Waals surface area contributed by atoms with Gasteiger partial charge in [0.2, 0.25) is 0 Å². The van der Waals surface area contributed by atoms with E-state index in [1.54, 1.807) is 15.1 Å². The quantitative estimate of drug-likeness (QED) is 0.914. The minimum Gasteiger partial charge on any atom is -0.312 e. The smallest absolute Gasteiger partial charge is 0.0846 e. The third-order valence-corrected chi connectivity index (χ3v) is 4.87. The molecule has 2 aromatic rings. The maximum absolute atomic E-state index is 4.17. The molecule has 1 N–H and O–H groups in total. The second-order valence-corrected chi connectivity index (χ2v) is 6.05. The molecule has 0 saturated carbocycles. The summed E-state index contributed by atoms with van der Waals surface area (Å²) in [5.74, 6) is 0. The number of fused-ring (bicyclic) bond motifs is 1. The van der Waals surface area contributed by atoms with Crippen LogP contribution in [0.4, 0.5) is 0 Å². The van der Waals surface area contributed by atoms with Crippen molar-refractivity contribution in [3.8, 4) is 0 Å². The van der Waals surface area contributed by atoms with Gasteiger partial charge in [0.05, 0.1) is 5.69 Å². The third-order valence-electron chi connectivity index (χ3n) is 3.52. The molecule has 96 valence electrons. The van der Waals surface area contributed by atoms with E-state index in [0.29, 0.717) is 6.04 Å². The van der Waals surface area contributed by atoms with Crippen molar-refractivity contribution in [3.63, 3.8) is 0 Å². The lowest BCUT2D eigenvalue weighted by molar-refractivity contribution is 0.592. The summed E-state index contributed by atoms with van der Waals surface area (Å²) in [6, 6.07) is 2.74. The van der Waals surface area contributed by atoms with Crippen molar-refractivity contribution < 1.29 is 0 Å². The van der Waals surface area contributed by atoms with Crippen molar-refractivity contribution in [1.82, 2.24) is 20.3 Å². The van der Waals surface area contributed by atoms with Crippen LogP contribution in [-0.2, 0) is 26.3 Å². The summed E-state index contributed by atoms with van der Waals surface area (Å²) in [6.07, 6.45) is 6.75. The summed E-state index contributed by atoms with van der Waals surface area (Å²) >= 11 is 1.96. The highest BCUT2D eigenvalue weighted by Gasteiger charge is 2.20. The minimum absolute atomic E-state index is 0.359. The summed E-state index contributed by atoms with van der Waals surface area (Å²) in [7, 11) is 3.93. The van der Waals surface area contributed by atoms with Gasteiger partial charge in [0, 0.05) is 35.5 Å². The van der Waals surface area contributed by atoms with Crippen LogP contribution in [0.15, 0.2) is 12.3 Å². The van der Waals surface area contributed by atoms with Gasteiger partial charge in [-0.05, 0) is 37.9 Å². The van der Waals surface area contributed by atoms with Crippen molar-refractivity contribution in [2.45, 2.75) is 31.7 Å². The lowest BCUT2D eigenvalue weighted by atomic mass is 10.1. The Bertz CT molecular complexity index is 521. The van der Waals surface area contributed by atoms with Crippen LogP contribution in [0.2, 0.25) is 0 Å². The van der Waals surface area contributed by atoms with Crippen LogP contribution in [0.5, 0.6) is 0 Å². The van der Waals surface area contributed by atoms with E-state index in [1.807, 2.05) is 31.6 Å². The predicted molar refractivity (Wildman–Crippen MR) is 72.9 cm³/mol. The van der Waals surface area contributed by atoms with Crippen LogP contribution in [0.1, 0.15) is 33.5 Å². The summed E-state index contributed by atoms with van der Waals surface area (Å²) in [6.45, 7) is 0. The summed E-state index contributed by atoms with van der Waals surface area (Å²) in [5, 5.41) is 11.6. The Balaban J connectivity index is 1.79. The standard InChI is InChI=1S/C13H18N4S/c1-14-11(7-10-8-17(2)16-15-10)13-6-9-4-3-5-12(9)18-13/h6,8,11,14H,3-5,7H2,1-2H3. The molecular weight excluding hydrogens is 244 g/mol. The van der Waals surface area contributed by atoms with Gasteiger partial charge in [0.1, 0.15) is 0 Å². The first kappa shape index (κ1) is 11.9. The first-order valence-electron chi connectivity index (χ1n) is 6.40. The molecule has 0 radical (unpaired) electrons. The number of aryl methyl sites for hydroxylation is 3. The van der Waals surface area contributed by atoms with Gasteiger partial charge in [-0.2, -0.15) is 0 Å².